The molecule has 5 heteroatoms. The lowest BCUT2D eigenvalue weighted by atomic mass is 10.3. The largest absolute Gasteiger partial charge is 0.419 e. The Bertz CT molecular complexity index is 513. The summed E-state index contributed by atoms with van der Waals surface area (Å²) in [7, 11) is 0. The van der Waals surface area contributed by atoms with Crippen LogP contribution in [-0.4, -0.2) is 16.5 Å². The van der Waals surface area contributed by atoms with Gasteiger partial charge in [-0.25, -0.2) is 0 Å². The van der Waals surface area contributed by atoms with Gasteiger partial charge in [-0.1, -0.05) is 0 Å². The van der Waals surface area contributed by atoms with Crippen LogP contribution in [0.3, 0.4) is 0 Å². The Balaban J connectivity index is 2.41. The van der Waals surface area contributed by atoms with Crippen LogP contribution < -0.4 is 5.32 Å². The minimum atomic E-state index is 0.265. The van der Waals surface area contributed by atoms with E-state index in [2.05, 4.69) is 15.3 Å². The highest BCUT2D eigenvalue weighted by molar-refractivity contribution is 5.57. The van der Waals surface area contributed by atoms with E-state index in [0.717, 1.165) is 5.56 Å². The Morgan fingerprint density at radius 2 is 2.44 bits per heavy atom. The second kappa shape index (κ2) is 4.45. The Kier molecular flexibility index (Phi) is 2.83. The molecule has 0 radical (unpaired) electrons. The normalized spacial score (nSPS) is 9.75. The third-order valence-electron chi connectivity index (χ3n) is 1.98. The predicted octanol–water partition coefficient (Wildman–Crippen LogP) is 2.04. The van der Waals surface area contributed by atoms with Gasteiger partial charge in [0, 0.05) is 18.9 Å². The van der Waals surface area contributed by atoms with E-state index < -0.39 is 0 Å². The van der Waals surface area contributed by atoms with Crippen LogP contribution in [0.1, 0.15) is 12.6 Å². The van der Waals surface area contributed by atoms with Crippen LogP contribution in [-0.2, 0) is 0 Å². The van der Waals surface area contributed by atoms with Gasteiger partial charge in [0.05, 0.1) is 5.56 Å². The van der Waals surface area contributed by atoms with Gasteiger partial charge in [-0.2, -0.15) is 10.2 Å². The van der Waals surface area contributed by atoms with Crippen LogP contribution in [0.15, 0.2) is 28.9 Å². The lowest BCUT2D eigenvalue weighted by molar-refractivity contribution is 0.586. The van der Waals surface area contributed by atoms with Crippen molar-refractivity contribution >= 4 is 5.88 Å². The second-order valence-electron chi connectivity index (χ2n) is 3.08. The third kappa shape index (κ3) is 1.86. The average molecular weight is 214 g/mol. The number of nitriles is 1. The zero-order valence-corrected chi connectivity index (χ0v) is 8.77. The molecule has 0 spiro atoms. The van der Waals surface area contributed by atoms with Crippen molar-refractivity contribution in [1.29, 1.82) is 5.26 Å². The summed E-state index contributed by atoms with van der Waals surface area (Å²) in [5.74, 6) is 0.810. The van der Waals surface area contributed by atoms with Gasteiger partial charge >= 0.3 is 0 Å². The number of aromatic nitrogens is 2. The van der Waals surface area contributed by atoms with Crippen LogP contribution in [0, 0.1) is 11.3 Å². The number of nitrogens with one attached hydrogen (secondary N) is 1. The van der Waals surface area contributed by atoms with Gasteiger partial charge in [0.1, 0.15) is 6.07 Å². The highest BCUT2D eigenvalue weighted by atomic mass is 16.4. The number of nitrogens with zero attached hydrogens (tertiary/aromatic N) is 3. The van der Waals surface area contributed by atoms with Crippen LogP contribution in [0.4, 0.5) is 5.88 Å². The topological polar surface area (TPSA) is 74.7 Å². The maximum absolute atomic E-state index is 8.88. The van der Waals surface area contributed by atoms with Crippen LogP contribution in [0.5, 0.6) is 0 Å². The Morgan fingerprint density at radius 1 is 1.56 bits per heavy atom. The maximum atomic E-state index is 8.88. The first kappa shape index (κ1) is 10.2. The number of hydrogen-bond donors (Lipinski definition) is 1. The molecule has 80 valence electrons. The van der Waals surface area contributed by atoms with Crippen molar-refractivity contribution < 1.29 is 4.42 Å². The van der Waals surface area contributed by atoms with E-state index in [9.17, 15) is 0 Å². The number of rotatable bonds is 3. The highest BCUT2D eigenvalue weighted by Gasteiger charge is 2.13. The average Bonchev–Trinajstić information content (AvgIpc) is 2.74. The molecule has 2 rings (SSSR count). The van der Waals surface area contributed by atoms with E-state index in [1.807, 2.05) is 19.1 Å². The Labute approximate surface area is 92.8 Å². The van der Waals surface area contributed by atoms with Gasteiger partial charge in [-0.05, 0) is 19.1 Å². The van der Waals surface area contributed by atoms with Crippen molar-refractivity contribution in [1.82, 2.24) is 9.97 Å². The molecule has 0 unspecified atom stereocenters. The number of pyridine rings is 1. The molecule has 0 atom stereocenters. The third-order valence-corrected chi connectivity index (χ3v) is 1.98. The fraction of sp³-hybridized carbons (Fsp3) is 0.182. The summed E-state index contributed by atoms with van der Waals surface area (Å²) in [5.41, 5.74) is 1.02. The highest BCUT2D eigenvalue weighted by Crippen LogP contribution is 2.24. The van der Waals surface area contributed by atoms with Crippen molar-refractivity contribution in [2.45, 2.75) is 6.92 Å². The summed E-state index contributed by atoms with van der Waals surface area (Å²) in [6.07, 6.45) is 3.31. The molecular formula is C11H10N4O. The van der Waals surface area contributed by atoms with Crippen LogP contribution in [0.25, 0.3) is 11.5 Å². The van der Waals surface area contributed by atoms with Crippen molar-refractivity contribution in [3.63, 3.8) is 0 Å². The van der Waals surface area contributed by atoms with E-state index in [-0.39, 0.29) is 5.69 Å². The fourth-order valence-corrected chi connectivity index (χ4v) is 1.29. The standard InChI is InChI=1S/C11H10N4O/c1-2-14-11-9(6-12)15-10(16-11)8-4-3-5-13-7-8/h3-5,7,14H,2H2,1H3. The second-order valence-corrected chi connectivity index (χ2v) is 3.08. The zero-order valence-electron chi connectivity index (χ0n) is 8.77. The maximum Gasteiger partial charge on any atom is 0.232 e. The molecule has 2 aromatic rings. The smallest absolute Gasteiger partial charge is 0.232 e. The van der Waals surface area contributed by atoms with Gasteiger partial charge < -0.3 is 9.73 Å². The molecule has 0 aliphatic heterocycles. The Morgan fingerprint density at radius 3 is 3.06 bits per heavy atom. The molecule has 2 heterocycles. The lowest BCUT2D eigenvalue weighted by Gasteiger charge is -1.95. The van der Waals surface area contributed by atoms with Crippen LogP contribution in [0.2, 0.25) is 0 Å². The summed E-state index contributed by atoms with van der Waals surface area (Å²) in [6.45, 7) is 2.60. The Hall–Kier alpha value is -2.35. The molecule has 0 fully saturated rings. The minimum absolute atomic E-state index is 0.265. The first-order valence-corrected chi connectivity index (χ1v) is 4.90. The summed E-state index contributed by atoms with van der Waals surface area (Å²) < 4.78 is 5.45. The first-order valence-electron chi connectivity index (χ1n) is 4.90. The van der Waals surface area contributed by atoms with E-state index in [1.165, 1.54) is 0 Å². The molecule has 2 aromatic heterocycles. The van der Waals surface area contributed by atoms with Crippen molar-refractivity contribution in [2.75, 3.05) is 11.9 Å². The molecule has 5 nitrogen and oxygen atoms in total. The predicted molar refractivity (Wildman–Crippen MR) is 58.6 cm³/mol. The molecule has 0 bridgehead atoms. The van der Waals surface area contributed by atoms with Crippen LogP contribution >= 0.6 is 0 Å². The number of anilines is 1. The molecule has 1 N–H and O–H groups in total. The van der Waals surface area contributed by atoms with E-state index in [0.29, 0.717) is 18.3 Å². The van der Waals surface area contributed by atoms with Gasteiger partial charge in [-0.3, -0.25) is 4.98 Å². The molecule has 16 heavy (non-hydrogen) atoms. The lowest BCUT2D eigenvalue weighted by Crippen LogP contribution is -1.96. The number of hydrogen-bond acceptors (Lipinski definition) is 5. The molecule has 0 amide bonds. The van der Waals surface area contributed by atoms with Gasteiger partial charge in [-0.15, -0.1) is 0 Å². The SMILES string of the molecule is CCNc1oc(-c2cccnc2)nc1C#N. The van der Waals surface area contributed by atoms with Gasteiger partial charge in [0.15, 0.2) is 0 Å². The molecule has 0 aliphatic rings. The molecule has 0 aliphatic carbocycles. The molecule has 0 aromatic carbocycles. The van der Waals surface area contributed by atoms with E-state index in [1.54, 1.807) is 18.5 Å². The van der Waals surface area contributed by atoms with Gasteiger partial charge in [0.2, 0.25) is 17.5 Å². The molecule has 0 saturated carbocycles. The summed E-state index contributed by atoms with van der Waals surface area (Å²) in [4.78, 5) is 8.06. The molecule has 0 saturated heterocycles. The quantitative estimate of drug-likeness (QED) is 0.846. The first-order chi connectivity index (χ1) is 7.85. The summed E-state index contributed by atoms with van der Waals surface area (Å²) >= 11 is 0. The minimum Gasteiger partial charge on any atom is -0.419 e. The number of oxazole rings is 1. The zero-order chi connectivity index (χ0) is 11.4. The van der Waals surface area contributed by atoms with E-state index in [4.69, 9.17) is 9.68 Å². The van der Waals surface area contributed by atoms with E-state index >= 15 is 0 Å². The van der Waals surface area contributed by atoms with Crippen molar-refractivity contribution in [2.24, 2.45) is 0 Å². The van der Waals surface area contributed by atoms with Crippen molar-refractivity contribution in [3.05, 3.63) is 30.2 Å². The fourth-order valence-electron chi connectivity index (χ4n) is 1.29. The monoisotopic (exact) mass is 214 g/mol. The van der Waals surface area contributed by atoms with Gasteiger partial charge in [0.25, 0.3) is 0 Å². The summed E-state index contributed by atoms with van der Waals surface area (Å²) in [5, 5.41) is 11.8. The summed E-state index contributed by atoms with van der Waals surface area (Å²) in [6, 6.07) is 5.60. The van der Waals surface area contributed by atoms with Crippen molar-refractivity contribution in [3.8, 4) is 17.5 Å². The molecular weight excluding hydrogens is 204 g/mol.